The number of carbonyl (C=O) groups is 2. The molecule has 0 aromatic carbocycles. The summed E-state index contributed by atoms with van der Waals surface area (Å²) in [5, 5.41) is 9.05. The zero-order valence-electron chi connectivity index (χ0n) is 9.69. The fraction of sp³-hybridized carbons (Fsp3) is 0.818. The lowest BCUT2D eigenvalue weighted by Crippen LogP contribution is -2.49. The number of piperidine rings is 1. The third kappa shape index (κ3) is 2.95. The van der Waals surface area contributed by atoms with Crippen molar-refractivity contribution in [3.8, 4) is 0 Å². The second-order valence-corrected chi connectivity index (χ2v) is 4.36. The molecule has 0 aliphatic carbocycles. The van der Waals surface area contributed by atoms with Crippen molar-refractivity contribution in [1.29, 1.82) is 0 Å². The van der Waals surface area contributed by atoms with Crippen molar-refractivity contribution in [3.05, 3.63) is 0 Å². The Morgan fingerprint density at radius 2 is 2.19 bits per heavy atom. The van der Waals surface area contributed by atoms with Gasteiger partial charge in [0.2, 0.25) is 5.91 Å². The van der Waals surface area contributed by atoms with Crippen LogP contribution in [-0.2, 0) is 9.59 Å². The van der Waals surface area contributed by atoms with Crippen LogP contribution >= 0.6 is 0 Å². The number of aliphatic carboxylic acids is 1. The Morgan fingerprint density at radius 3 is 2.75 bits per heavy atom. The first-order chi connectivity index (χ1) is 7.57. The molecule has 1 fully saturated rings. The van der Waals surface area contributed by atoms with Crippen molar-refractivity contribution in [3.63, 3.8) is 0 Å². The number of rotatable bonds is 4. The highest BCUT2D eigenvalue weighted by Gasteiger charge is 2.33. The lowest BCUT2D eigenvalue weighted by atomic mass is 9.98. The first-order valence-electron chi connectivity index (χ1n) is 5.81. The molecule has 0 saturated carbocycles. The van der Waals surface area contributed by atoms with E-state index in [2.05, 4.69) is 0 Å². The highest BCUT2D eigenvalue weighted by atomic mass is 16.4. The van der Waals surface area contributed by atoms with Gasteiger partial charge in [0.05, 0.1) is 0 Å². The number of carbonyl (C=O) groups excluding carboxylic acids is 1. The maximum Gasteiger partial charge on any atom is 0.326 e. The third-order valence-electron chi connectivity index (χ3n) is 3.09. The van der Waals surface area contributed by atoms with Gasteiger partial charge in [-0.1, -0.05) is 6.92 Å². The average molecular weight is 228 g/mol. The van der Waals surface area contributed by atoms with Gasteiger partial charge in [0.15, 0.2) is 0 Å². The number of likely N-dealkylation sites (tertiary alicyclic amines) is 1. The van der Waals surface area contributed by atoms with Gasteiger partial charge in [-0.2, -0.15) is 0 Å². The van der Waals surface area contributed by atoms with Gasteiger partial charge in [0.1, 0.15) is 6.04 Å². The van der Waals surface area contributed by atoms with Gasteiger partial charge in [-0.15, -0.1) is 0 Å². The van der Waals surface area contributed by atoms with Gasteiger partial charge in [0, 0.05) is 12.5 Å². The highest BCUT2D eigenvalue weighted by molar-refractivity contribution is 5.85. The molecule has 1 aliphatic rings. The molecule has 1 rings (SSSR count). The van der Waals surface area contributed by atoms with E-state index in [-0.39, 0.29) is 11.8 Å². The van der Waals surface area contributed by atoms with E-state index < -0.39 is 12.0 Å². The number of nitrogens with two attached hydrogens (primary N) is 1. The van der Waals surface area contributed by atoms with Gasteiger partial charge in [-0.3, -0.25) is 4.79 Å². The van der Waals surface area contributed by atoms with Crippen LogP contribution < -0.4 is 5.73 Å². The first-order valence-corrected chi connectivity index (χ1v) is 5.81. The number of carboxylic acid groups (broad SMARTS) is 1. The van der Waals surface area contributed by atoms with E-state index >= 15 is 0 Å². The number of amides is 1. The highest BCUT2D eigenvalue weighted by Crippen LogP contribution is 2.20. The standard InChI is InChI=1S/C11H20N2O3/c1-8(5-6-12)10(14)13-7-3-2-4-9(13)11(15)16/h8-9H,2-7,12H2,1H3,(H,15,16)/t8?,9-/m1/s1. The van der Waals surface area contributed by atoms with Crippen molar-refractivity contribution in [2.45, 2.75) is 38.6 Å². The summed E-state index contributed by atoms with van der Waals surface area (Å²) in [7, 11) is 0. The minimum Gasteiger partial charge on any atom is -0.480 e. The Kier molecular flexibility index (Phi) is 4.73. The predicted octanol–water partition coefficient (Wildman–Crippen LogP) is 0.437. The van der Waals surface area contributed by atoms with Crippen LogP contribution in [0, 0.1) is 5.92 Å². The van der Waals surface area contributed by atoms with Gasteiger partial charge >= 0.3 is 5.97 Å². The molecule has 1 unspecified atom stereocenters. The molecule has 0 bridgehead atoms. The molecule has 92 valence electrons. The van der Waals surface area contributed by atoms with Crippen LogP contribution in [0.1, 0.15) is 32.6 Å². The second kappa shape index (κ2) is 5.84. The Hall–Kier alpha value is -1.10. The molecule has 0 spiro atoms. The van der Waals surface area contributed by atoms with Crippen molar-refractivity contribution in [2.24, 2.45) is 11.7 Å². The van der Waals surface area contributed by atoms with Gasteiger partial charge in [-0.05, 0) is 32.2 Å². The number of nitrogens with zero attached hydrogens (tertiary/aromatic N) is 1. The molecule has 3 N–H and O–H groups in total. The van der Waals surface area contributed by atoms with Crippen molar-refractivity contribution in [2.75, 3.05) is 13.1 Å². The summed E-state index contributed by atoms with van der Waals surface area (Å²) in [6, 6.07) is -0.638. The molecule has 2 atom stereocenters. The van der Waals surface area contributed by atoms with E-state index in [1.54, 1.807) is 0 Å². The van der Waals surface area contributed by atoms with Crippen LogP contribution in [0.5, 0.6) is 0 Å². The van der Waals surface area contributed by atoms with Crippen LogP contribution in [-0.4, -0.2) is 41.0 Å². The fourth-order valence-electron chi connectivity index (χ4n) is 2.11. The maximum atomic E-state index is 12.0. The van der Waals surface area contributed by atoms with Crippen molar-refractivity contribution >= 4 is 11.9 Å². The maximum absolute atomic E-state index is 12.0. The quantitative estimate of drug-likeness (QED) is 0.731. The molecular weight excluding hydrogens is 208 g/mol. The van der Waals surface area contributed by atoms with Crippen LogP contribution in [0.2, 0.25) is 0 Å². The molecular formula is C11H20N2O3. The summed E-state index contributed by atoms with van der Waals surface area (Å²) >= 11 is 0. The topological polar surface area (TPSA) is 83.6 Å². The molecule has 0 aromatic rings. The van der Waals surface area contributed by atoms with Crippen molar-refractivity contribution in [1.82, 2.24) is 4.90 Å². The van der Waals surface area contributed by atoms with Crippen LogP contribution in [0.4, 0.5) is 0 Å². The molecule has 0 radical (unpaired) electrons. The van der Waals surface area contributed by atoms with Gasteiger partial charge < -0.3 is 15.7 Å². The molecule has 1 amide bonds. The molecule has 1 heterocycles. The Bertz CT molecular complexity index is 268. The van der Waals surface area contributed by atoms with Crippen LogP contribution in [0.25, 0.3) is 0 Å². The SMILES string of the molecule is CC(CCN)C(=O)N1CCCC[C@@H]1C(=O)O. The van der Waals surface area contributed by atoms with Crippen LogP contribution in [0.3, 0.4) is 0 Å². The Morgan fingerprint density at radius 1 is 1.50 bits per heavy atom. The summed E-state index contributed by atoms with van der Waals surface area (Å²) in [6.45, 7) is 2.83. The molecule has 1 saturated heterocycles. The minimum atomic E-state index is -0.895. The summed E-state index contributed by atoms with van der Waals surface area (Å²) in [5.41, 5.74) is 5.40. The smallest absolute Gasteiger partial charge is 0.326 e. The number of hydrogen-bond acceptors (Lipinski definition) is 3. The van der Waals surface area contributed by atoms with Gasteiger partial charge in [-0.25, -0.2) is 4.79 Å². The van der Waals surface area contributed by atoms with E-state index in [0.717, 1.165) is 12.8 Å². The number of carboxylic acids is 1. The van der Waals surface area contributed by atoms with Crippen molar-refractivity contribution < 1.29 is 14.7 Å². The summed E-state index contributed by atoms with van der Waals surface area (Å²) in [6.07, 6.45) is 2.95. The average Bonchev–Trinajstić information content (AvgIpc) is 2.28. The van der Waals surface area contributed by atoms with E-state index in [4.69, 9.17) is 10.8 Å². The zero-order chi connectivity index (χ0) is 12.1. The van der Waals surface area contributed by atoms with E-state index in [0.29, 0.717) is 25.9 Å². The second-order valence-electron chi connectivity index (χ2n) is 4.36. The predicted molar refractivity (Wildman–Crippen MR) is 59.8 cm³/mol. The largest absolute Gasteiger partial charge is 0.480 e. The Labute approximate surface area is 95.6 Å². The zero-order valence-corrected chi connectivity index (χ0v) is 9.69. The fourth-order valence-corrected chi connectivity index (χ4v) is 2.11. The molecule has 5 heteroatoms. The third-order valence-corrected chi connectivity index (χ3v) is 3.09. The summed E-state index contributed by atoms with van der Waals surface area (Å²) in [4.78, 5) is 24.5. The minimum absolute atomic E-state index is 0.0717. The summed E-state index contributed by atoms with van der Waals surface area (Å²) < 4.78 is 0. The normalized spacial score (nSPS) is 22.9. The first kappa shape index (κ1) is 13.0. The van der Waals surface area contributed by atoms with Gasteiger partial charge in [0.25, 0.3) is 0 Å². The lowest BCUT2D eigenvalue weighted by Gasteiger charge is -2.34. The van der Waals surface area contributed by atoms with E-state index in [9.17, 15) is 9.59 Å². The number of hydrogen-bond donors (Lipinski definition) is 2. The lowest BCUT2D eigenvalue weighted by molar-refractivity contribution is -0.153. The summed E-state index contributed by atoms with van der Waals surface area (Å²) in [5.74, 6) is -1.14. The molecule has 16 heavy (non-hydrogen) atoms. The molecule has 0 aromatic heterocycles. The van der Waals surface area contributed by atoms with Crippen LogP contribution in [0.15, 0.2) is 0 Å². The van der Waals surface area contributed by atoms with E-state index in [1.165, 1.54) is 4.90 Å². The van der Waals surface area contributed by atoms with E-state index in [1.807, 2.05) is 6.92 Å². The molecule has 5 nitrogen and oxygen atoms in total. The Balaban J connectivity index is 2.67. The molecule has 1 aliphatic heterocycles. The monoisotopic (exact) mass is 228 g/mol.